The number of allylic oxidation sites excluding steroid dienone is 2. The van der Waals surface area contributed by atoms with E-state index in [1.807, 2.05) is 36.4 Å². The summed E-state index contributed by atoms with van der Waals surface area (Å²) in [6, 6.07) is 9.26. The van der Waals surface area contributed by atoms with Crippen LogP contribution < -0.4 is 0 Å². The molecule has 1 aliphatic rings. The van der Waals surface area contributed by atoms with Crippen LogP contribution >= 0.6 is 11.6 Å². The first-order valence-corrected chi connectivity index (χ1v) is 5.42. The number of benzene rings is 1. The second-order valence-corrected chi connectivity index (χ2v) is 4.21. The quantitative estimate of drug-likeness (QED) is 0.618. The van der Waals surface area contributed by atoms with Gasteiger partial charge in [0.25, 0.3) is 0 Å². The molecule has 0 fully saturated rings. The predicted molar refractivity (Wildman–Crippen MR) is 66.9 cm³/mol. The molecule has 1 aliphatic carbocycles. The summed E-state index contributed by atoms with van der Waals surface area (Å²) in [6.45, 7) is 0. The van der Waals surface area contributed by atoms with Crippen molar-refractivity contribution in [2.24, 2.45) is 4.99 Å². The van der Waals surface area contributed by atoms with Crippen molar-refractivity contribution in [3.05, 3.63) is 60.2 Å². The first-order chi connectivity index (χ1) is 7.68. The first kappa shape index (κ1) is 11.1. The molecule has 0 bridgehead atoms. The van der Waals surface area contributed by atoms with Crippen LogP contribution in [0, 0.1) is 0 Å². The van der Waals surface area contributed by atoms with Crippen molar-refractivity contribution < 1.29 is 5.11 Å². The van der Waals surface area contributed by atoms with Gasteiger partial charge in [0.05, 0.1) is 0 Å². The molecule has 0 heterocycles. The molecule has 3 heteroatoms. The van der Waals surface area contributed by atoms with Gasteiger partial charge in [-0.15, -0.1) is 0 Å². The van der Waals surface area contributed by atoms with Crippen LogP contribution in [0.15, 0.2) is 59.6 Å². The van der Waals surface area contributed by atoms with Gasteiger partial charge in [-0.2, -0.15) is 0 Å². The summed E-state index contributed by atoms with van der Waals surface area (Å²) in [4.78, 5) is 4.26. The molecule has 0 aliphatic heterocycles. The van der Waals surface area contributed by atoms with Gasteiger partial charge in [0, 0.05) is 6.21 Å². The second-order valence-electron chi connectivity index (χ2n) is 3.61. The molecule has 1 aromatic carbocycles. The van der Waals surface area contributed by atoms with Crippen LogP contribution in [0.4, 0.5) is 0 Å². The number of nitrogens with zero attached hydrogens (tertiary/aromatic N) is 1. The molecular formula is C13H12ClNO. The van der Waals surface area contributed by atoms with Gasteiger partial charge in [0.2, 0.25) is 0 Å². The van der Waals surface area contributed by atoms with Gasteiger partial charge in [-0.25, -0.2) is 0 Å². The Bertz CT molecular complexity index is 435. The van der Waals surface area contributed by atoms with Crippen LogP contribution in [0.25, 0.3) is 0 Å². The Kier molecular flexibility index (Phi) is 3.22. The highest BCUT2D eigenvalue weighted by Crippen LogP contribution is 2.25. The Morgan fingerprint density at radius 2 is 2.00 bits per heavy atom. The third-order valence-electron chi connectivity index (χ3n) is 2.33. The molecule has 1 N–H and O–H groups in total. The summed E-state index contributed by atoms with van der Waals surface area (Å²) in [7, 11) is 0. The molecule has 0 amide bonds. The number of rotatable bonds is 2. The number of aliphatic hydroxyl groups is 1. The van der Waals surface area contributed by atoms with Gasteiger partial charge in [0.15, 0.2) is 5.06 Å². The van der Waals surface area contributed by atoms with Crippen molar-refractivity contribution in [1.82, 2.24) is 0 Å². The smallest absolute Gasteiger partial charge is 0.183 e. The summed E-state index contributed by atoms with van der Waals surface area (Å²) in [6.07, 6.45) is 8.54. The highest BCUT2D eigenvalue weighted by molar-refractivity contribution is 6.24. The first-order valence-electron chi connectivity index (χ1n) is 5.04. The lowest BCUT2D eigenvalue weighted by Crippen LogP contribution is -2.33. The monoisotopic (exact) mass is 233 g/mol. The number of hydrogen-bond acceptors (Lipinski definition) is 2. The van der Waals surface area contributed by atoms with E-state index in [4.69, 9.17) is 11.6 Å². The third-order valence-corrected chi connectivity index (χ3v) is 2.68. The van der Waals surface area contributed by atoms with Crippen molar-refractivity contribution in [2.45, 2.75) is 11.1 Å². The predicted octanol–water partition coefficient (Wildman–Crippen LogP) is 2.53. The van der Waals surface area contributed by atoms with Gasteiger partial charge >= 0.3 is 0 Å². The van der Waals surface area contributed by atoms with Crippen LogP contribution in [-0.2, 0) is 0 Å². The summed E-state index contributed by atoms with van der Waals surface area (Å²) in [5.41, 5.74) is 0.984. The van der Waals surface area contributed by atoms with E-state index in [2.05, 4.69) is 4.99 Å². The maximum Gasteiger partial charge on any atom is 0.183 e. The lowest BCUT2D eigenvalue weighted by Gasteiger charge is -2.23. The number of hydrogen-bond donors (Lipinski definition) is 1. The number of halogens is 1. The number of aliphatic imine (C=N–C) groups is 1. The summed E-state index contributed by atoms with van der Waals surface area (Å²) in [5.74, 6) is 0. The van der Waals surface area contributed by atoms with E-state index in [9.17, 15) is 5.11 Å². The van der Waals surface area contributed by atoms with E-state index in [0.29, 0.717) is 0 Å². The molecule has 2 nitrogen and oxygen atoms in total. The number of alkyl halides is 1. The Hall–Kier alpha value is -1.38. The van der Waals surface area contributed by atoms with Gasteiger partial charge in [-0.05, 0) is 11.6 Å². The fourth-order valence-electron chi connectivity index (χ4n) is 1.45. The van der Waals surface area contributed by atoms with Crippen molar-refractivity contribution in [2.75, 3.05) is 0 Å². The van der Waals surface area contributed by atoms with Gasteiger partial charge < -0.3 is 5.11 Å². The SMILES string of the molecule is OC1(Cl)C=CC=CC1N=Cc1ccccc1. The van der Waals surface area contributed by atoms with E-state index in [0.717, 1.165) is 5.56 Å². The molecule has 0 saturated heterocycles. The molecule has 1 aromatic rings. The Labute approximate surface area is 99.6 Å². The van der Waals surface area contributed by atoms with E-state index in [1.165, 1.54) is 6.08 Å². The molecular weight excluding hydrogens is 222 g/mol. The average Bonchev–Trinajstić information content (AvgIpc) is 2.28. The lowest BCUT2D eigenvalue weighted by molar-refractivity contribution is 0.164. The van der Waals surface area contributed by atoms with Crippen molar-refractivity contribution in [3.8, 4) is 0 Å². The van der Waals surface area contributed by atoms with E-state index >= 15 is 0 Å². The minimum Gasteiger partial charge on any atom is -0.369 e. The summed E-state index contributed by atoms with van der Waals surface area (Å²) in [5, 5.41) is 8.41. The lowest BCUT2D eigenvalue weighted by atomic mass is 10.1. The third kappa shape index (κ3) is 2.60. The summed E-state index contributed by atoms with van der Waals surface area (Å²) >= 11 is 5.91. The molecule has 16 heavy (non-hydrogen) atoms. The van der Waals surface area contributed by atoms with Gasteiger partial charge in [-0.3, -0.25) is 4.99 Å². The average molecular weight is 234 g/mol. The van der Waals surface area contributed by atoms with Gasteiger partial charge in [-0.1, -0.05) is 60.2 Å². The molecule has 0 radical (unpaired) electrons. The fourth-order valence-corrected chi connectivity index (χ4v) is 1.65. The van der Waals surface area contributed by atoms with Crippen LogP contribution in [-0.4, -0.2) is 22.4 Å². The highest BCUT2D eigenvalue weighted by Gasteiger charge is 2.30. The Morgan fingerprint density at radius 1 is 1.25 bits per heavy atom. The van der Waals surface area contributed by atoms with Crippen molar-refractivity contribution >= 4 is 17.8 Å². The molecule has 2 unspecified atom stereocenters. The van der Waals surface area contributed by atoms with Gasteiger partial charge in [0.1, 0.15) is 6.04 Å². The van der Waals surface area contributed by atoms with Crippen LogP contribution in [0.2, 0.25) is 0 Å². The van der Waals surface area contributed by atoms with E-state index in [1.54, 1.807) is 18.4 Å². The molecule has 2 atom stereocenters. The maximum atomic E-state index is 9.83. The van der Waals surface area contributed by atoms with Crippen molar-refractivity contribution in [1.29, 1.82) is 0 Å². The molecule has 0 spiro atoms. The fraction of sp³-hybridized carbons (Fsp3) is 0.154. The zero-order chi connectivity index (χ0) is 11.4. The van der Waals surface area contributed by atoms with Crippen LogP contribution in [0.1, 0.15) is 5.56 Å². The van der Waals surface area contributed by atoms with E-state index < -0.39 is 11.1 Å². The zero-order valence-electron chi connectivity index (χ0n) is 8.62. The minimum atomic E-state index is -1.42. The highest BCUT2D eigenvalue weighted by atomic mass is 35.5. The topological polar surface area (TPSA) is 32.6 Å². The largest absolute Gasteiger partial charge is 0.369 e. The molecule has 0 aromatic heterocycles. The Balaban J connectivity index is 2.13. The van der Waals surface area contributed by atoms with E-state index in [-0.39, 0.29) is 0 Å². The van der Waals surface area contributed by atoms with Crippen LogP contribution in [0.5, 0.6) is 0 Å². The van der Waals surface area contributed by atoms with Crippen LogP contribution in [0.3, 0.4) is 0 Å². The molecule has 0 saturated carbocycles. The second kappa shape index (κ2) is 4.64. The zero-order valence-corrected chi connectivity index (χ0v) is 9.38. The molecule has 82 valence electrons. The maximum absolute atomic E-state index is 9.83. The normalized spacial score (nSPS) is 28.8. The summed E-state index contributed by atoms with van der Waals surface area (Å²) < 4.78 is 0. The standard InChI is InChI=1S/C13H12ClNO/c14-13(16)9-5-4-8-12(13)15-10-11-6-2-1-3-7-11/h1-10,12,16H. The molecule has 2 rings (SSSR count). The Morgan fingerprint density at radius 3 is 2.69 bits per heavy atom. The minimum absolute atomic E-state index is 0.445. The van der Waals surface area contributed by atoms with Crippen molar-refractivity contribution in [3.63, 3.8) is 0 Å².